The number of rotatable bonds is 6. The van der Waals surface area contributed by atoms with E-state index in [0.717, 1.165) is 48.3 Å². The molecule has 0 radical (unpaired) electrons. The standard InChI is InChI=1S/C23H29N3O5/c1-14(15-4-9-18-19(12-15)31-11-3-10-30-18)26(17-7-8-17)20(27)13-25-21(28)23(2,16-5-6-16)24-22(25)29/h4,9,12,14,16-17H,3,5-8,10-11,13H2,1-2H3,(H,24,29)/t14-,23-/m0/s1. The Morgan fingerprint density at radius 2 is 1.90 bits per heavy atom. The van der Waals surface area contributed by atoms with Crippen LogP contribution in [0.15, 0.2) is 18.2 Å². The molecular formula is C23H29N3O5. The summed E-state index contributed by atoms with van der Waals surface area (Å²) in [7, 11) is 0. The second-order valence-electron chi connectivity index (χ2n) is 9.26. The van der Waals surface area contributed by atoms with E-state index in [1.54, 1.807) is 6.92 Å². The minimum atomic E-state index is -0.873. The summed E-state index contributed by atoms with van der Waals surface area (Å²) in [6.07, 6.45) is 4.55. The van der Waals surface area contributed by atoms with Crippen molar-refractivity contribution < 1.29 is 23.9 Å². The highest BCUT2D eigenvalue weighted by molar-refractivity contribution is 6.09. The van der Waals surface area contributed by atoms with Gasteiger partial charge in [0, 0.05) is 12.5 Å². The number of hydrogen-bond acceptors (Lipinski definition) is 5. The van der Waals surface area contributed by atoms with Crippen molar-refractivity contribution in [2.45, 2.75) is 63.6 Å². The Morgan fingerprint density at radius 1 is 1.19 bits per heavy atom. The number of nitrogens with one attached hydrogen (secondary N) is 1. The molecule has 8 nitrogen and oxygen atoms in total. The maximum absolute atomic E-state index is 13.3. The van der Waals surface area contributed by atoms with E-state index in [2.05, 4.69) is 5.32 Å². The molecule has 2 heterocycles. The summed E-state index contributed by atoms with van der Waals surface area (Å²) in [5.41, 5.74) is 0.0753. The molecule has 2 aliphatic carbocycles. The Labute approximate surface area is 181 Å². The molecule has 0 unspecified atom stereocenters. The lowest BCUT2D eigenvalue weighted by molar-refractivity contribution is -0.140. The van der Waals surface area contributed by atoms with Crippen LogP contribution in [0.1, 0.15) is 57.6 Å². The van der Waals surface area contributed by atoms with Gasteiger partial charge in [0.2, 0.25) is 5.91 Å². The number of fused-ring (bicyclic) bond motifs is 1. The quantitative estimate of drug-likeness (QED) is 0.705. The fourth-order valence-corrected chi connectivity index (χ4v) is 4.70. The maximum atomic E-state index is 13.3. The first-order chi connectivity index (χ1) is 14.9. The molecule has 0 spiro atoms. The summed E-state index contributed by atoms with van der Waals surface area (Å²) < 4.78 is 11.5. The zero-order valence-electron chi connectivity index (χ0n) is 18.1. The second-order valence-corrected chi connectivity index (χ2v) is 9.26. The Morgan fingerprint density at radius 3 is 2.58 bits per heavy atom. The van der Waals surface area contributed by atoms with Gasteiger partial charge in [-0.1, -0.05) is 6.07 Å². The van der Waals surface area contributed by atoms with Crippen LogP contribution in [0.3, 0.4) is 0 Å². The molecule has 1 aromatic carbocycles. The van der Waals surface area contributed by atoms with E-state index in [4.69, 9.17) is 9.47 Å². The number of nitrogens with zero attached hydrogens (tertiary/aromatic N) is 2. The van der Waals surface area contributed by atoms with Crippen molar-refractivity contribution in [2.75, 3.05) is 19.8 Å². The van der Waals surface area contributed by atoms with Crippen LogP contribution in [-0.4, -0.2) is 59.0 Å². The molecule has 1 aromatic rings. The van der Waals surface area contributed by atoms with Gasteiger partial charge < -0.3 is 19.7 Å². The van der Waals surface area contributed by atoms with Gasteiger partial charge in [-0.05, 0) is 63.1 Å². The van der Waals surface area contributed by atoms with Crippen molar-refractivity contribution in [1.29, 1.82) is 0 Å². The van der Waals surface area contributed by atoms with Gasteiger partial charge in [0.05, 0.1) is 19.3 Å². The monoisotopic (exact) mass is 427 g/mol. The number of ether oxygens (including phenoxy) is 2. The predicted molar refractivity (Wildman–Crippen MR) is 112 cm³/mol. The largest absolute Gasteiger partial charge is 0.490 e. The molecule has 166 valence electrons. The summed E-state index contributed by atoms with van der Waals surface area (Å²) in [6.45, 7) is 4.75. The van der Waals surface area contributed by atoms with E-state index < -0.39 is 11.6 Å². The van der Waals surface area contributed by atoms with Gasteiger partial charge >= 0.3 is 6.03 Å². The van der Waals surface area contributed by atoms with E-state index in [-0.39, 0.29) is 36.4 Å². The Hall–Kier alpha value is -2.77. The van der Waals surface area contributed by atoms with Crippen molar-refractivity contribution >= 4 is 17.8 Å². The zero-order chi connectivity index (χ0) is 21.8. The summed E-state index contributed by atoms with van der Waals surface area (Å²) >= 11 is 0. The van der Waals surface area contributed by atoms with Crippen molar-refractivity contribution in [2.24, 2.45) is 5.92 Å². The Bertz CT molecular complexity index is 926. The number of urea groups is 1. The molecule has 3 fully saturated rings. The van der Waals surface area contributed by atoms with Crippen LogP contribution in [0.5, 0.6) is 11.5 Å². The van der Waals surface area contributed by atoms with Crippen LogP contribution in [0, 0.1) is 5.92 Å². The third-order valence-corrected chi connectivity index (χ3v) is 6.89. The smallest absolute Gasteiger partial charge is 0.325 e. The van der Waals surface area contributed by atoms with E-state index in [9.17, 15) is 14.4 Å². The molecule has 0 bridgehead atoms. The average Bonchev–Trinajstić information content (AvgIpc) is 3.64. The van der Waals surface area contributed by atoms with Gasteiger partial charge in [-0.15, -0.1) is 0 Å². The molecule has 0 aromatic heterocycles. The number of imide groups is 1. The van der Waals surface area contributed by atoms with Crippen molar-refractivity contribution in [3.05, 3.63) is 23.8 Å². The van der Waals surface area contributed by atoms with E-state index in [1.165, 1.54) is 0 Å². The number of hydrogen-bond donors (Lipinski definition) is 1. The highest BCUT2D eigenvalue weighted by atomic mass is 16.5. The van der Waals surface area contributed by atoms with Crippen LogP contribution < -0.4 is 14.8 Å². The second kappa shape index (κ2) is 7.43. The molecule has 2 saturated carbocycles. The van der Waals surface area contributed by atoms with Crippen molar-refractivity contribution in [3.8, 4) is 11.5 Å². The van der Waals surface area contributed by atoms with Gasteiger partial charge in [0.25, 0.3) is 5.91 Å². The zero-order valence-corrected chi connectivity index (χ0v) is 18.1. The summed E-state index contributed by atoms with van der Waals surface area (Å²) in [4.78, 5) is 41.7. The van der Waals surface area contributed by atoms with Gasteiger partial charge in [-0.2, -0.15) is 0 Å². The normalized spacial score (nSPS) is 26.3. The highest BCUT2D eigenvalue weighted by Gasteiger charge is 2.56. The van der Waals surface area contributed by atoms with Crippen LogP contribution >= 0.6 is 0 Å². The van der Waals surface area contributed by atoms with Crippen molar-refractivity contribution in [1.82, 2.24) is 15.1 Å². The number of carbonyl (C=O) groups excluding carboxylic acids is 3. The Balaban J connectivity index is 1.34. The van der Waals surface area contributed by atoms with E-state index >= 15 is 0 Å². The van der Waals surface area contributed by atoms with Gasteiger partial charge in [0.1, 0.15) is 12.1 Å². The molecule has 8 heteroatoms. The van der Waals surface area contributed by atoms with Crippen LogP contribution in [0.2, 0.25) is 0 Å². The van der Waals surface area contributed by atoms with Gasteiger partial charge in [-0.25, -0.2) is 4.79 Å². The topological polar surface area (TPSA) is 88.2 Å². The van der Waals surface area contributed by atoms with Gasteiger partial charge in [-0.3, -0.25) is 14.5 Å². The third-order valence-electron chi connectivity index (χ3n) is 6.89. The number of amides is 4. The lowest BCUT2D eigenvalue weighted by Crippen LogP contribution is -2.48. The molecular weight excluding hydrogens is 398 g/mol. The van der Waals surface area contributed by atoms with E-state index in [1.807, 2.05) is 30.0 Å². The first-order valence-corrected chi connectivity index (χ1v) is 11.2. The average molecular weight is 428 g/mol. The highest BCUT2D eigenvalue weighted by Crippen LogP contribution is 2.43. The molecule has 1 saturated heterocycles. The number of benzene rings is 1. The summed E-state index contributed by atoms with van der Waals surface area (Å²) in [5.74, 6) is 1.10. The first kappa shape index (κ1) is 20.2. The maximum Gasteiger partial charge on any atom is 0.325 e. The molecule has 4 aliphatic rings. The van der Waals surface area contributed by atoms with E-state index in [0.29, 0.717) is 19.0 Å². The minimum Gasteiger partial charge on any atom is -0.490 e. The minimum absolute atomic E-state index is 0.133. The SMILES string of the molecule is C[C@@H](c1ccc2c(c1)OCCCO2)N(C(=O)CN1C(=O)N[C@@](C)(C2CC2)C1=O)C1CC1. The lowest BCUT2D eigenvalue weighted by Gasteiger charge is -2.31. The molecule has 1 N–H and O–H groups in total. The summed E-state index contributed by atoms with van der Waals surface area (Å²) in [6, 6.07) is 5.25. The van der Waals surface area contributed by atoms with Crippen molar-refractivity contribution in [3.63, 3.8) is 0 Å². The predicted octanol–water partition coefficient (Wildman–Crippen LogP) is 2.62. The molecule has 4 amide bonds. The van der Waals surface area contributed by atoms with Crippen LogP contribution in [0.4, 0.5) is 4.79 Å². The third kappa shape index (κ3) is 3.62. The fourth-order valence-electron chi connectivity index (χ4n) is 4.70. The molecule has 2 aliphatic heterocycles. The molecule has 2 atom stereocenters. The fraction of sp³-hybridized carbons (Fsp3) is 0.609. The van der Waals surface area contributed by atoms with Crippen LogP contribution in [0.25, 0.3) is 0 Å². The summed E-state index contributed by atoms with van der Waals surface area (Å²) in [5, 5.41) is 2.82. The molecule has 5 rings (SSSR count). The first-order valence-electron chi connectivity index (χ1n) is 11.2. The lowest BCUT2D eigenvalue weighted by atomic mass is 9.96. The number of carbonyl (C=O) groups is 3. The van der Waals surface area contributed by atoms with Gasteiger partial charge in [0.15, 0.2) is 11.5 Å². The Kier molecular flexibility index (Phi) is 4.83. The molecule has 31 heavy (non-hydrogen) atoms. The van der Waals surface area contributed by atoms with Crippen LogP contribution in [-0.2, 0) is 9.59 Å².